The number of ether oxygens (including phenoxy) is 1. The lowest BCUT2D eigenvalue weighted by molar-refractivity contribution is -0.384. The van der Waals surface area contributed by atoms with Crippen molar-refractivity contribution in [1.82, 2.24) is 10.2 Å². The van der Waals surface area contributed by atoms with Gasteiger partial charge in [-0.25, -0.2) is 0 Å². The molecule has 0 saturated heterocycles. The van der Waals surface area contributed by atoms with Crippen LogP contribution >= 0.6 is 11.8 Å². The number of nitro groups is 1. The number of carbonyl (C=O) groups is 2. The Kier molecular flexibility index (Phi) is 9.28. The second-order valence-corrected chi connectivity index (χ2v) is 9.69. The third-order valence-electron chi connectivity index (χ3n) is 4.82. The summed E-state index contributed by atoms with van der Waals surface area (Å²) >= 11 is 1.40. The summed E-state index contributed by atoms with van der Waals surface area (Å²) < 4.78 is 5.19. The van der Waals surface area contributed by atoms with Gasteiger partial charge in [0.15, 0.2) is 0 Å². The zero-order valence-corrected chi connectivity index (χ0v) is 20.5. The lowest BCUT2D eigenvalue weighted by Gasteiger charge is -2.31. The summed E-state index contributed by atoms with van der Waals surface area (Å²) in [6.45, 7) is 7.71. The number of rotatable bonds is 10. The van der Waals surface area contributed by atoms with E-state index in [0.29, 0.717) is 18.0 Å². The number of nitro benzene ring substituents is 1. The molecule has 178 valence electrons. The number of benzene rings is 2. The van der Waals surface area contributed by atoms with E-state index in [2.05, 4.69) is 5.32 Å². The molecule has 2 rings (SSSR count). The lowest BCUT2D eigenvalue weighted by atomic mass is 10.1. The maximum Gasteiger partial charge on any atom is 0.269 e. The molecule has 0 spiro atoms. The van der Waals surface area contributed by atoms with E-state index < -0.39 is 16.5 Å². The van der Waals surface area contributed by atoms with Crippen molar-refractivity contribution in [3.8, 4) is 5.75 Å². The van der Waals surface area contributed by atoms with Crippen molar-refractivity contribution in [3.05, 3.63) is 69.8 Å². The van der Waals surface area contributed by atoms with Crippen molar-refractivity contribution >= 4 is 29.3 Å². The van der Waals surface area contributed by atoms with E-state index in [9.17, 15) is 19.7 Å². The molecule has 0 aromatic heterocycles. The summed E-state index contributed by atoms with van der Waals surface area (Å²) in [6, 6.07) is 13.0. The van der Waals surface area contributed by atoms with Gasteiger partial charge in [-0.3, -0.25) is 19.7 Å². The highest BCUT2D eigenvalue weighted by molar-refractivity contribution is 7.99. The van der Waals surface area contributed by atoms with E-state index in [0.717, 1.165) is 11.1 Å². The molecule has 2 aromatic rings. The van der Waals surface area contributed by atoms with Gasteiger partial charge in [-0.1, -0.05) is 24.3 Å². The average molecular weight is 474 g/mol. The highest BCUT2D eigenvalue weighted by Gasteiger charge is 2.28. The standard InChI is InChI=1S/C24H31N3O5S/c1-17(23(29)25-24(2,3)4)26(14-18-8-12-21(32-5)13-9-18)22(28)16-33-15-19-6-10-20(11-7-19)27(30)31/h6-13,17H,14-16H2,1-5H3,(H,25,29)/t17-/m1/s1. The second kappa shape index (κ2) is 11.7. The maximum atomic E-state index is 13.1. The highest BCUT2D eigenvalue weighted by atomic mass is 32.2. The van der Waals surface area contributed by atoms with Gasteiger partial charge in [0, 0.05) is 30.0 Å². The van der Waals surface area contributed by atoms with Crippen LogP contribution in [0.5, 0.6) is 5.75 Å². The van der Waals surface area contributed by atoms with Crippen LogP contribution < -0.4 is 10.1 Å². The number of nitrogens with zero attached hydrogens (tertiary/aromatic N) is 2. The fourth-order valence-electron chi connectivity index (χ4n) is 3.04. The van der Waals surface area contributed by atoms with Gasteiger partial charge < -0.3 is 15.0 Å². The molecular weight excluding hydrogens is 442 g/mol. The summed E-state index contributed by atoms with van der Waals surface area (Å²) in [5, 5.41) is 13.7. The Bertz CT molecular complexity index is 956. The molecule has 0 aliphatic heterocycles. The molecule has 8 nitrogen and oxygen atoms in total. The van der Waals surface area contributed by atoms with Crippen molar-refractivity contribution < 1.29 is 19.2 Å². The first-order chi connectivity index (χ1) is 15.5. The van der Waals surface area contributed by atoms with Crippen LogP contribution in [-0.2, 0) is 21.9 Å². The number of hydrogen-bond acceptors (Lipinski definition) is 6. The van der Waals surface area contributed by atoms with E-state index in [1.165, 1.54) is 23.9 Å². The Morgan fingerprint density at radius 3 is 2.18 bits per heavy atom. The fraction of sp³-hybridized carbons (Fsp3) is 0.417. The van der Waals surface area contributed by atoms with E-state index in [4.69, 9.17) is 4.74 Å². The summed E-state index contributed by atoms with van der Waals surface area (Å²) in [5.74, 6) is 1.05. The number of non-ortho nitro benzene ring substituents is 1. The van der Waals surface area contributed by atoms with Gasteiger partial charge in [0.2, 0.25) is 11.8 Å². The van der Waals surface area contributed by atoms with Gasteiger partial charge in [0.1, 0.15) is 11.8 Å². The topological polar surface area (TPSA) is 102 Å². The molecule has 0 saturated carbocycles. The summed E-state index contributed by atoms with van der Waals surface area (Å²) in [7, 11) is 1.59. The van der Waals surface area contributed by atoms with Crippen LogP contribution in [0.2, 0.25) is 0 Å². The SMILES string of the molecule is COc1ccc(CN(C(=O)CSCc2ccc([N+](=O)[O-])cc2)[C@H](C)C(=O)NC(C)(C)C)cc1. The first-order valence-corrected chi connectivity index (χ1v) is 11.7. The summed E-state index contributed by atoms with van der Waals surface area (Å²) in [5.41, 5.74) is 1.40. The zero-order chi connectivity index (χ0) is 24.6. The van der Waals surface area contributed by atoms with Gasteiger partial charge >= 0.3 is 0 Å². The number of amides is 2. The zero-order valence-electron chi connectivity index (χ0n) is 19.7. The molecule has 0 aliphatic rings. The molecule has 0 aliphatic carbocycles. The van der Waals surface area contributed by atoms with Gasteiger partial charge in [-0.2, -0.15) is 0 Å². The molecule has 0 heterocycles. The Morgan fingerprint density at radius 1 is 1.09 bits per heavy atom. The van der Waals surface area contributed by atoms with E-state index in [1.807, 2.05) is 45.0 Å². The second-order valence-electron chi connectivity index (χ2n) is 8.70. The molecule has 0 unspecified atom stereocenters. The number of hydrogen-bond donors (Lipinski definition) is 1. The predicted octanol–water partition coefficient (Wildman–Crippen LogP) is 4.17. The van der Waals surface area contributed by atoms with E-state index in [-0.39, 0.29) is 23.3 Å². The van der Waals surface area contributed by atoms with E-state index in [1.54, 1.807) is 31.1 Å². The van der Waals surface area contributed by atoms with Crippen molar-refractivity contribution in [2.24, 2.45) is 0 Å². The number of carbonyl (C=O) groups excluding carboxylic acids is 2. The van der Waals surface area contributed by atoms with Crippen LogP contribution in [0.4, 0.5) is 5.69 Å². The van der Waals surface area contributed by atoms with Crippen LogP contribution in [0.25, 0.3) is 0 Å². The maximum absolute atomic E-state index is 13.1. The molecule has 1 N–H and O–H groups in total. The van der Waals surface area contributed by atoms with Crippen LogP contribution in [0, 0.1) is 10.1 Å². The molecule has 2 amide bonds. The Hall–Kier alpha value is -3.07. The van der Waals surface area contributed by atoms with Crippen molar-refractivity contribution in [2.75, 3.05) is 12.9 Å². The lowest BCUT2D eigenvalue weighted by Crippen LogP contribution is -2.52. The van der Waals surface area contributed by atoms with Gasteiger partial charge in [0.05, 0.1) is 17.8 Å². The van der Waals surface area contributed by atoms with Crippen LogP contribution in [0.15, 0.2) is 48.5 Å². The predicted molar refractivity (Wildman–Crippen MR) is 130 cm³/mol. The van der Waals surface area contributed by atoms with Gasteiger partial charge in [-0.05, 0) is 51.0 Å². The van der Waals surface area contributed by atoms with Gasteiger partial charge in [0.25, 0.3) is 5.69 Å². The Labute approximate surface area is 198 Å². The smallest absolute Gasteiger partial charge is 0.269 e. The molecule has 9 heteroatoms. The quantitative estimate of drug-likeness (QED) is 0.410. The normalized spacial score (nSPS) is 12.0. The Morgan fingerprint density at radius 2 is 1.67 bits per heavy atom. The molecule has 2 aromatic carbocycles. The summed E-state index contributed by atoms with van der Waals surface area (Å²) in [6.07, 6.45) is 0. The molecule has 0 radical (unpaired) electrons. The molecule has 0 bridgehead atoms. The molecular formula is C24H31N3O5S. The van der Waals surface area contributed by atoms with Crippen LogP contribution in [0.3, 0.4) is 0 Å². The molecule has 1 atom stereocenters. The minimum Gasteiger partial charge on any atom is -0.497 e. The summed E-state index contributed by atoms with van der Waals surface area (Å²) in [4.78, 5) is 37.8. The van der Waals surface area contributed by atoms with Crippen molar-refractivity contribution in [2.45, 2.75) is 51.6 Å². The molecule has 0 fully saturated rings. The third kappa shape index (κ3) is 8.42. The minimum atomic E-state index is -0.654. The van der Waals surface area contributed by atoms with Gasteiger partial charge in [-0.15, -0.1) is 11.8 Å². The van der Waals surface area contributed by atoms with Crippen LogP contribution in [-0.4, -0.2) is 46.1 Å². The monoisotopic (exact) mass is 473 g/mol. The highest BCUT2D eigenvalue weighted by Crippen LogP contribution is 2.20. The first-order valence-electron chi connectivity index (χ1n) is 10.6. The minimum absolute atomic E-state index is 0.0316. The first kappa shape index (κ1) is 26.2. The van der Waals surface area contributed by atoms with Crippen molar-refractivity contribution in [1.29, 1.82) is 0 Å². The average Bonchev–Trinajstić information content (AvgIpc) is 2.76. The number of nitrogens with one attached hydrogen (secondary N) is 1. The Balaban J connectivity index is 2.08. The fourth-order valence-corrected chi connectivity index (χ4v) is 3.91. The third-order valence-corrected chi connectivity index (χ3v) is 5.81. The number of thioether (sulfide) groups is 1. The van der Waals surface area contributed by atoms with E-state index >= 15 is 0 Å². The molecule has 33 heavy (non-hydrogen) atoms. The largest absolute Gasteiger partial charge is 0.497 e. The van der Waals surface area contributed by atoms with Crippen LogP contribution in [0.1, 0.15) is 38.8 Å². The number of methoxy groups -OCH3 is 1. The van der Waals surface area contributed by atoms with Crippen molar-refractivity contribution in [3.63, 3.8) is 0 Å².